The van der Waals surface area contributed by atoms with Crippen molar-refractivity contribution in [1.29, 1.82) is 0 Å². The fourth-order valence-electron chi connectivity index (χ4n) is 3.25. The van der Waals surface area contributed by atoms with Crippen molar-refractivity contribution in [2.75, 3.05) is 40.0 Å². The van der Waals surface area contributed by atoms with E-state index in [0.29, 0.717) is 12.3 Å². The van der Waals surface area contributed by atoms with Crippen LogP contribution in [0, 0.1) is 0 Å². The first-order valence-corrected chi connectivity index (χ1v) is 17.8. The van der Waals surface area contributed by atoms with Crippen molar-refractivity contribution >= 4 is 21.5 Å². The fraction of sp³-hybridized carbons (Fsp3) is 0.400. The van der Waals surface area contributed by atoms with Crippen LogP contribution < -0.4 is 0 Å². The summed E-state index contributed by atoms with van der Waals surface area (Å²) in [6.07, 6.45) is 1.23. The number of rotatable bonds is 8. The van der Waals surface area contributed by atoms with Gasteiger partial charge in [0.1, 0.15) is 0 Å². The Labute approximate surface area is 163 Å². The molecule has 0 spiro atoms. The molecule has 27 heavy (non-hydrogen) atoms. The Balaban J connectivity index is 2.17. The molecule has 7 heteroatoms. The zero-order chi connectivity index (χ0) is 20.4. The van der Waals surface area contributed by atoms with E-state index in [-0.39, 0.29) is 0 Å². The second-order valence-corrected chi connectivity index (χ2v) is 24.6. The van der Waals surface area contributed by atoms with Gasteiger partial charge in [-0.2, -0.15) is 0 Å². The van der Waals surface area contributed by atoms with Crippen molar-refractivity contribution in [3.05, 3.63) is 71.8 Å². The van der Waals surface area contributed by atoms with Crippen LogP contribution in [0.1, 0.15) is 11.1 Å². The van der Waals surface area contributed by atoms with E-state index >= 15 is 0 Å². The Kier molecular flexibility index (Phi) is 6.17. The zero-order valence-electron chi connectivity index (χ0n) is 17.2. The van der Waals surface area contributed by atoms with Gasteiger partial charge in [0, 0.05) is 0 Å². The molecule has 0 aliphatic rings. The molecule has 2 aromatic carbocycles. The van der Waals surface area contributed by atoms with Gasteiger partial charge in [0.2, 0.25) is 0 Å². The van der Waals surface area contributed by atoms with E-state index in [4.69, 9.17) is 8.62 Å². The molecular formula is C20H33O4P3. The van der Waals surface area contributed by atoms with Crippen LogP contribution in [-0.2, 0) is 25.5 Å². The quantitative estimate of drug-likeness (QED) is 0.504. The summed E-state index contributed by atoms with van der Waals surface area (Å²) < 4.78 is 24.8. The molecule has 0 atom stereocenters. The van der Waals surface area contributed by atoms with E-state index in [9.17, 15) is 9.46 Å². The van der Waals surface area contributed by atoms with Crippen molar-refractivity contribution in [1.82, 2.24) is 0 Å². The van der Waals surface area contributed by atoms with Crippen molar-refractivity contribution in [3.8, 4) is 0 Å². The molecule has 0 saturated heterocycles. The van der Waals surface area contributed by atoms with Crippen molar-refractivity contribution in [3.63, 3.8) is 0 Å². The number of phosphoric acid groups is 1. The average molecular weight is 430 g/mol. The Morgan fingerprint density at radius 3 is 1.30 bits per heavy atom. The molecule has 0 bridgehead atoms. The molecule has 0 heterocycles. The first-order chi connectivity index (χ1) is 12.1. The van der Waals surface area contributed by atoms with Crippen molar-refractivity contribution in [2.24, 2.45) is 0 Å². The van der Waals surface area contributed by atoms with E-state index in [0.717, 1.165) is 11.1 Å². The van der Waals surface area contributed by atoms with Crippen LogP contribution >= 0.6 is 21.5 Å². The third-order valence-electron chi connectivity index (χ3n) is 3.94. The van der Waals surface area contributed by atoms with E-state index in [1.54, 1.807) is 0 Å². The van der Waals surface area contributed by atoms with Gasteiger partial charge >= 0.3 is 164 Å². The van der Waals surface area contributed by atoms with E-state index in [2.05, 4.69) is 0 Å². The van der Waals surface area contributed by atoms with Gasteiger partial charge in [0.15, 0.2) is 0 Å². The van der Waals surface area contributed by atoms with Crippen LogP contribution in [0.3, 0.4) is 0 Å². The van der Waals surface area contributed by atoms with Gasteiger partial charge in [-0.05, 0) is 0 Å². The molecule has 2 aromatic rings. The second-order valence-electron chi connectivity index (χ2n) is 9.85. The molecule has 152 valence electrons. The average Bonchev–Trinajstić information content (AvgIpc) is 2.43. The van der Waals surface area contributed by atoms with E-state index in [1.165, 1.54) is 0 Å². The van der Waals surface area contributed by atoms with Gasteiger partial charge in [0.05, 0.1) is 0 Å². The molecule has 2 rings (SSSR count). The summed E-state index contributed by atoms with van der Waals surface area (Å²) in [5, 5.41) is 0. The van der Waals surface area contributed by atoms with Crippen LogP contribution in [0.15, 0.2) is 60.7 Å². The molecule has 0 radical (unpaired) electrons. The van der Waals surface area contributed by atoms with Crippen molar-refractivity contribution in [2.45, 2.75) is 12.3 Å². The summed E-state index contributed by atoms with van der Waals surface area (Å²) in [7, 11) is -4.22. The monoisotopic (exact) mass is 430 g/mol. The summed E-state index contributed by atoms with van der Waals surface area (Å²) in [6.45, 7) is 5.93. The van der Waals surface area contributed by atoms with Gasteiger partial charge in [-0.15, -0.1) is 0 Å². The van der Waals surface area contributed by atoms with Crippen LogP contribution in [0.4, 0.5) is 0 Å². The minimum absolute atomic E-state index is 0.617. The predicted molar refractivity (Wildman–Crippen MR) is 122 cm³/mol. The molecule has 0 amide bonds. The Morgan fingerprint density at radius 1 is 0.704 bits per heavy atom. The van der Waals surface area contributed by atoms with Crippen LogP contribution in [0.5, 0.6) is 0 Å². The molecule has 0 fully saturated rings. The second kappa shape index (κ2) is 7.34. The van der Waals surface area contributed by atoms with Crippen LogP contribution in [-0.4, -0.2) is 44.9 Å². The molecule has 4 nitrogen and oxygen atoms in total. The molecular weight excluding hydrogens is 397 g/mol. The van der Waals surface area contributed by atoms with Gasteiger partial charge in [0.25, 0.3) is 0 Å². The van der Waals surface area contributed by atoms with Crippen LogP contribution in [0.25, 0.3) is 0 Å². The Morgan fingerprint density at radius 2 is 1.00 bits per heavy atom. The third-order valence-corrected chi connectivity index (χ3v) is 13.3. The summed E-state index contributed by atoms with van der Waals surface area (Å²) in [5.74, 6) is 0. The summed E-state index contributed by atoms with van der Waals surface area (Å²) in [4.78, 5) is 10.6. The van der Waals surface area contributed by atoms with E-state index < -0.39 is 21.5 Å². The third kappa shape index (κ3) is 8.12. The summed E-state index contributed by atoms with van der Waals surface area (Å²) in [5.41, 5.74) is 2.18. The number of hydrogen-bond donors (Lipinski definition) is 1. The topological polar surface area (TPSA) is 55.8 Å². The van der Waals surface area contributed by atoms with Gasteiger partial charge in [-0.25, -0.2) is 0 Å². The zero-order valence-corrected chi connectivity index (χ0v) is 19.9. The molecule has 0 unspecified atom stereocenters. The first-order valence-electron chi connectivity index (χ1n) is 8.96. The van der Waals surface area contributed by atoms with E-state index in [1.807, 2.05) is 101 Å². The normalized spacial score (nSPS) is 17.9. The van der Waals surface area contributed by atoms with Crippen LogP contribution in [0.2, 0.25) is 0 Å². The maximum absolute atomic E-state index is 13.0. The van der Waals surface area contributed by atoms with Gasteiger partial charge < -0.3 is 0 Å². The summed E-state index contributed by atoms with van der Waals surface area (Å²) in [6, 6.07) is 19.8. The Bertz CT molecular complexity index is 751. The first kappa shape index (κ1) is 22.7. The minimum atomic E-state index is -4.22. The molecule has 0 aromatic heterocycles. The molecule has 0 saturated carbocycles. The van der Waals surface area contributed by atoms with Crippen molar-refractivity contribution < 1.29 is 18.1 Å². The predicted octanol–water partition coefficient (Wildman–Crippen LogP) is 6.24. The molecule has 0 aliphatic heterocycles. The van der Waals surface area contributed by atoms with Gasteiger partial charge in [-0.3, -0.25) is 0 Å². The van der Waals surface area contributed by atoms with Gasteiger partial charge in [-0.1, -0.05) is 0 Å². The molecule has 0 aliphatic carbocycles. The molecule has 1 N–H and O–H groups in total. The Hall–Kier alpha value is -0.590. The SMILES string of the molecule is CP(C)(C)(Cc1ccccc1)OP(=O)(O)OP(C)(C)(C)Cc1ccccc1. The maximum atomic E-state index is 13.0. The summed E-state index contributed by atoms with van der Waals surface area (Å²) >= 11 is 0. The standard InChI is InChI=1S/C20H33O4P3/c1-26(2,3,17-19-13-9-7-10-14-19)23-25(21,22)24-27(4,5,6)18-20-15-11-8-12-16-20/h7-16H,17-18H2,1-6H3,(H,21,22). The number of benzene rings is 2. The number of hydrogen-bond acceptors (Lipinski definition) is 3. The fourth-order valence-corrected chi connectivity index (χ4v) is 13.1.